The molecule has 4 heterocycles. The van der Waals surface area contributed by atoms with Crippen LogP contribution in [-0.2, 0) is 24.9 Å². The van der Waals surface area contributed by atoms with Crippen LogP contribution < -0.4 is 5.56 Å². The molecule has 2 fully saturated rings. The van der Waals surface area contributed by atoms with E-state index in [-0.39, 0.29) is 17.5 Å². The lowest BCUT2D eigenvalue weighted by molar-refractivity contribution is -0.137. The Balaban J connectivity index is 1.49. The van der Waals surface area contributed by atoms with Gasteiger partial charge in [-0.25, -0.2) is 4.98 Å². The number of likely N-dealkylation sites (tertiary alicyclic amines) is 2. The van der Waals surface area contributed by atoms with Crippen molar-refractivity contribution < 1.29 is 4.79 Å². The van der Waals surface area contributed by atoms with Crippen molar-refractivity contribution in [1.82, 2.24) is 24.3 Å². The largest absolute Gasteiger partial charge is 0.331 e. The van der Waals surface area contributed by atoms with Gasteiger partial charge >= 0.3 is 0 Å². The Hall–Kier alpha value is -1.73. The summed E-state index contributed by atoms with van der Waals surface area (Å²) in [7, 11) is 3.91. The molecular formula is C19H29N5O2. The van der Waals surface area contributed by atoms with Gasteiger partial charge < -0.3 is 9.80 Å². The van der Waals surface area contributed by atoms with E-state index in [1.807, 2.05) is 11.8 Å². The SMILES string of the molecule is Cc1nc2c(c(=O)n1C)CN(C(=O)[C@@H]1CCCN1C1CCN(C)CC1)C2. The summed E-state index contributed by atoms with van der Waals surface area (Å²) < 4.78 is 1.58. The molecule has 7 heteroatoms. The van der Waals surface area contributed by atoms with Crippen LogP contribution in [0.15, 0.2) is 4.79 Å². The first-order chi connectivity index (χ1) is 12.5. The molecule has 0 saturated carbocycles. The minimum Gasteiger partial charge on any atom is -0.331 e. The maximum absolute atomic E-state index is 13.3. The molecule has 4 rings (SSSR count). The van der Waals surface area contributed by atoms with Crippen molar-refractivity contribution in [3.8, 4) is 0 Å². The van der Waals surface area contributed by atoms with E-state index in [2.05, 4.69) is 21.8 Å². The molecule has 7 nitrogen and oxygen atoms in total. The molecule has 0 spiro atoms. The van der Waals surface area contributed by atoms with Crippen molar-refractivity contribution in [2.45, 2.75) is 57.8 Å². The summed E-state index contributed by atoms with van der Waals surface area (Å²) in [5.74, 6) is 0.885. The fourth-order valence-electron chi connectivity index (χ4n) is 4.71. The first kappa shape index (κ1) is 17.7. The Morgan fingerprint density at radius 2 is 1.81 bits per heavy atom. The Morgan fingerprint density at radius 1 is 1.08 bits per heavy atom. The number of hydrogen-bond acceptors (Lipinski definition) is 5. The zero-order valence-electron chi connectivity index (χ0n) is 16.1. The molecule has 142 valence electrons. The highest BCUT2D eigenvalue weighted by Gasteiger charge is 2.40. The van der Waals surface area contributed by atoms with Gasteiger partial charge in [-0.05, 0) is 59.3 Å². The maximum atomic E-state index is 13.3. The minimum atomic E-state index is -0.0253. The highest BCUT2D eigenvalue weighted by Crippen LogP contribution is 2.29. The minimum absolute atomic E-state index is 0.0126. The van der Waals surface area contributed by atoms with Crippen LogP contribution in [0.4, 0.5) is 0 Å². The molecule has 3 aliphatic rings. The topological polar surface area (TPSA) is 61.7 Å². The summed E-state index contributed by atoms with van der Waals surface area (Å²) in [5.41, 5.74) is 1.46. The monoisotopic (exact) mass is 359 g/mol. The molecule has 0 bridgehead atoms. The molecule has 1 aromatic heterocycles. The van der Waals surface area contributed by atoms with Crippen LogP contribution in [0, 0.1) is 6.92 Å². The van der Waals surface area contributed by atoms with Crippen LogP contribution in [0.25, 0.3) is 0 Å². The zero-order chi connectivity index (χ0) is 18.4. The molecule has 1 atom stereocenters. The van der Waals surface area contributed by atoms with Crippen molar-refractivity contribution in [3.05, 3.63) is 27.4 Å². The highest BCUT2D eigenvalue weighted by atomic mass is 16.2. The molecule has 0 radical (unpaired) electrons. The van der Waals surface area contributed by atoms with Gasteiger partial charge in [0.2, 0.25) is 5.91 Å². The van der Waals surface area contributed by atoms with E-state index in [4.69, 9.17) is 0 Å². The first-order valence-electron chi connectivity index (χ1n) is 9.74. The number of carbonyl (C=O) groups excluding carboxylic acids is 1. The molecular weight excluding hydrogens is 330 g/mol. The van der Waals surface area contributed by atoms with Crippen LogP contribution in [0.5, 0.6) is 0 Å². The van der Waals surface area contributed by atoms with E-state index in [9.17, 15) is 9.59 Å². The number of amides is 1. The second-order valence-electron chi connectivity index (χ2n) is 8.07. The van der Waals surface area contributed by atoms with Gasteiger partial charge in [-0.1, -0.05) is 0 Å². The van der Waals surface area contributed by atoms with Crippen LogP contribution >= 0.6 is 0 Å². The molecule has 26 heavy (non-hydrogen) atoms. The van der Waals surface area contributed by atoms with E-state index in [1.165, 1.54) is 0 Å². The number of carbonyl (C=O) groups is 1. The smallest absolute Gasteiger partial charge is 0.258 e. The standard InChI is InChI=1S/C19H29N5O2/c1-13-20-16-12-23(11-15(16)18(25)22(13)3)19(26)17-5-4-8-24(17)14-6-9-21(2)10-7-14/h14,17H,4-12H2,1-3H3/t17-/m0/s1. The summed E-state index contributed by atoms with van der Waals surface area (Å²) in [6.45, 7) is 5.96. The molecule has 2 saturated heterocycles. The molecule has 1 aromatic rings. The van der Waals surface area contributed by atoms with Crippen LogP contribution in [0.1, 0.15) is 42.8 Å². The second-order valence-corrected chi connectivity index (χ2v) is 8.07. The molecule has 0 unspecified atom stereocenters. The summed E-state index contributed by atoms with van der Waals surface area (Å²) in [6, 6.07) is 0.489. The van der Waals surface area contributed by atoms with Gasteiger partial charge in [0.15, 0.2) is 0 Å². The van der Waals surface area contributed by atoms with Crippen molar-refractivity contribution in [2.75, 3.05) is 26.7 Å². The van der Waals surface area contributed by atoms with Gasteiger partial charge in [0.1, 0.15) is 5.82 Å². The average Bonchev–Trinajstić information content (AvgIpc) is 3.27. The van der Waals surface area contributed by atoms with Gasteiger partial charge in [0.25, 0.3) is 5.56 Å². The highest BCUT2D eigenvalue weighted by molar-refractivity contribution is 5.82. The number of aromatic nitrogens is 2. The number of nitrogens with zero attached hydrogens (tertiary/aromatic N) is 5. The summed E-state index contributed by atoms with van der Waals surface area (Å²) in [4.78, 5) is 36.9. The van der Waals surface area contributed by atoms with E-state index < -0.39 is 0 Å². The van der Waals surface area contributed by atoms with Gasteiger partial charge in [0.05, 0.1) is 30.4 Å². The summed E-state index contributed by atoms with van der Waals surface area (Å²) >= 11 is 0. The van der Waals surface area contributed by atoms with Gasteiger partial charge in [0, 0.05) is 13.1 Å². The first-order valence-corrected chi connectivity index (χ1v) is 9.74. The number of piperidine rings is 1. The Morgan fingerprint density at radius 3 is 2.54 bits per heavy atom. The normalized spacial score (nSPS) is 25.0. The third-order valence-electron chi connectivity index (χ3n) is 6.43. The Kier molecular flexibility index (Phi) is 4.61. The van der Waals surface area contributed by atoms with Gasteiger partial charge in [-0.2, -0.15) is 0 Å². The van der Waals surface area contributed by atoms with Crippen LogP contribution in [0.3, 0.4) is 0 Å². The molecule has 0 aromatic carbocycles. The van der Waals surface area contributed by atoms with Crippen molar-refractivity contribution in [1.29, 1.82) is 0 Å². The molecule has 1 amide bonds. The van der Waals surface area contributed by atoms with Crippen molar-refractivity contribution in [3.63, 3.8) is 0 Å². The van der Waals surface area contributed by atoms with E-state index in [0.717, 1.165) is 51.0 Å². The summed E-state index contributed by atoms with van der Waals surface area (Å²) in [5, 5.41) is 0. The lowest BCUT2D eigenvalue weighted by Crippen LogP contribution is -2.51. The maximum Gasteiger partial charge on any atom is 0.258 e. The van der Waals surface area contributed by atoms with Gasteiger partial charge in [-0.3, -0.25) is 19.1 Å². The van der Waals surface area contributed by atoms with E-state index in [1.54, 1.807) is 11.6 Å². The average molecular weight is 359 g/mol. The molecule has 0 N–H and O–H groups in total. The fourth-order valence-corrected chi connectivity index (χ4v) is 4.71. The predicted octanol–water partition coefficient (Wildman–Crippen LogP) is 0.490. The fraction of sp³-hybridized carbons (Fsp3) is 0.737. The van der Waals surface area contributed by atoms with Crippen LogP contribution in [0.2, 0.25) is 0 Å². The van der Waals surface area contributed by atoms with Crippen molar-refractivity contribution >= 4 is 5.91 Å². The number of aryl methyl sites for hydroxylation is 1. The van der Waals surface area contributed by atoms with E-state index in [0.29, 0.717) is 30.5 Å². The summed E-state index contributed by atoms with van der Waals surface area (Å²) in [6.07, 6.45) is 4.30. The molecule has 3 aliphatic heterocycles. The van der Waals surface area contributed by atoms with E-state index >= 15 is 0 Å². The Labute approximate surface area is 154 Å². The zero-order valence-corrected chi connectivity index (χ0v) is 16.1. The number of fused-ring (bicyclic) bond motifs is 1. The van der Waals surface area contributed by atoms with Gasteiger partial charge in [-0.15, -0.1) is 0 Å². The quantitative estimate of drug-likeness (QED) is 0.769. The lowest BCUT2D eigenvalue weighted by Gasteiger charge is -2.38. The molecule has 0 aliphatic carbocycles. The predicted molar refractivity (Wildman–Crippen MR) is 98.7 cm³/mol. The number of rotatable bonds is 2. The lowest BCUT2D eigenvalue weighted by atomic mass is 10.0. The van der Waals surface area contributed by atoms with Crippen molar-refractivity contribution in [2.24, 2.45) is 7.05 Å². The number of hydrogen-bond donors (Lipinski definition) is 0. The Bertz CT molecular complexity index is 766. The second kappa shape index (κ2) is 6.78. The van der Waals surface area contributed by atoms with Crippen LogP contribution in [-0.4, -0.2) is 68.9 Å². The third kappa shape index (κ3) is 2.97. The third-order valence-corrected chi connectivity index (χ3v) is 6.43.